The van der Waals surface area contributed by atoms with E-state index in [1.54, 1.807) is 0 Å². The fourth-order valence-electron chi connectivity index (χ4n) is 3.07. The van der Waals surface area contributed by atoms with Crippen molar-refractivity contribution in [2.45, 2.75) is 44.6 Å². The first-order valence-electron chi connectivity index (χ1n) is 9.05. The third-order valence-electron chi connectivity index (χ3n) is 4.62. The number of nitrogens with zero attached hydrogens (tertiary/aromatic N) is 4. The average Bonchev–Trinajstić information content (AvgIpc) is 3.06. The Bertz CT molecular complexity index is 784. The monoisotopic (exact) mass is 374 g/mol. The lowest BCUT2D eigenvalue weighted by molar-refractivity contribution is 0.0993. The zero-order chi connectivity index (χ0) is 18.7. The van der Waals surface area contributed by atoms with Crippen molar-refractivity contribution < 1.29 is 9.53 Å². The fraction of sp³-hybridized carbons (Fsp3) is 0.526. The molecule has 1 fully saturated rings. The van der Waals surface area contributed by atoms with Gasteiger partial charge < -0.3 is 9.64 Å². The van der Waals surface area contributed by atoms with Gasteiger partial charge in [0.05, 0.1) is 18.5 Å². The van der Waals surface area contributed by atoms with Crippen molar-refractivity contribution in [3.63, 3.8) is 0 Å². The van der Waals surface area contributed by atoms with E-state index >= 15 is 0 Å². The summed E-state index contributed by atoms with van der Waals surface area (Å²) in [6.07, 6.45) is 0. The number of benzene rings is 1. The number of Topliss-reactive ketones (excluding diaryl/α,β-unsaturated/α-hetero) is 1. The van der Waals surface area contributed by atoms with Crippen molar-refractivity contribution in [2.24, 2.45) is 0 Å². The van der Waals surface area contributed by atoms with Gasteiger partial charge in [-0.1, -0.05) is 29.5 Å². The number of anilines is 1. The minimum absolute atomic E-state index is 0.134. The first-order chi connectivity index (χ1) is 12.5. The van der Waals surface area contributed by atoms with Gasteiger partial charge in [-0.2, -0.15) is 0 Å². The Morgan fingerprint density at radius 3 is 2.69 bits per heavy atom. The van der Waals surface area contributed by atoms with Crippen LogP contribution in [-0.2, 0) is 11.3 Å². The van der Waals surface area contributed by atoms with Crippen LogP contribution in [-0.4, -0.2) is 52.1 Å². The lowest BCUT2D eigenvalue weighted by Gasteiger charge is -2.27. The minimum Gasteiger partial charge on any atom is -0.378 e. The van der Waals surface area contributed by atoms with Crippen molar-refractivity contribution in [1.82, 2.24) is 14.8 Å². The van der Waals surface area contributed by atoms with Gasteiger partial charge in [0, 0.05) is 25.2 Å². The highest BCUT2D eigenvalue weighted by molar-refractivity contribution is 8.00. The maximum atomic E-state index is 12.9. The number of aryl methyl sites for hydroxylation is 2. The molecule has 0 N–H and O–H groups in total. The Balaban J connectivity index is 1.78. The second-order valence-electron chi connectivity index (χ2n) is 6.57. The van der Waals surface area contributed by atoms with Crippen molar-refractivity contribution in [3.8, 4) is 0 Å². The van der Waals surface area contributed by atoms with Gasteiger partial charge in [-0.3, -0.25) is 9.36 Å². The number of ether oxygens (including phenoxy) is 1. The van der Waals surface area contributed by atoms with Gasteiger partial charge in [0.25, 0.3) is 0 Å². The van der Waals surface area contributed by atoms with Gasteiger partial charge in [-0.25, -0.2) is 0 Å². The highest BCUT2D eigenvalue weighted by atomic mass is 32.2. The molecule has 0 bridgehead atoms. The summed E-state index contributed by atoms with van der Waals surface area (Å²) in [5.74, 6) is 1.000. The van der Waals surface area contributed by atoms with Crippen LogP contribution in [0.25, 0.3) is 0 Å². The maximum absolute atomic E-state index is 12.9. The molecule has 2 heterocycles. The molecule has 0 radical (unpaired) electrons. The predicted octanol–water partition coefficient (Wildman–Crippen LogP) is 3.11. The molecule has 3 rings (SSSR count). The summed E-state index contributed by atoms with van der Waals surface area (Å²) in [6, 6.07) is 6.01. The van der Waals surface area contributed by atoms with Gasteiger partial charge in [0.15, 0.2) is 10.9 Å². The van der Waals surface area contributed by atoms with Crippen LogP contribution in [0, 0.1) is 13.8 Å². The number of ketones is 1. The second-order valence-corrected chi connectivity index (χ2v) is 7.88. The van der Waals surface area contributed by atoms with Crippen LogP contribution in [0.5, 0.6) is 0 Å². The summed E-state index contributed by atoms with van der Waals surface area (Å²) in [5, 5.41) is 9.31. The van der Waals surface area contributed by atoms with Crippen molar-refractivity contribution in [1.29, 1.82) is 0 Å². The number of aromatic nitrogens is 3. The van der Waals surface area contributed by atoms with E-state index in [1.807, 2.05) is 39.0 Å². The van der Waals surface area contributed by atoms with Gasteiger partial charge in [0.2, 0.25) is 5.95 Å². The number of hydrogen-bond donors (Lipinski definition) is 0. The van der Waals surface area contributed by atoms with E-state index < -0.39 is 0 Å². The first-order valence-corrected chi connectivity index (χ1v) is 9.93. The molecular formula is C19H26N4O2S. The van der Waals surface area contributed by atoms with Crippen molar-refractivity contribution in [2.75, 3.05) is 31.2 Å². The summed E-state index contributed by atoms with van der Waals surface area (Å²) >= 11 is 1.48. The fourth-order valence-corrected chi connectivity index (χ4v) is 4.05. The van der Waals surface area contributed by atoms with Gasteiger partial charge >= 0.3 is 0 Å². The van der Waals surface area contributed by atoms with Crippen LogP contribution in [0.1, 0.15) is 35.3 Å². The summed E-state index contributed by atoms with van der Waals surface area (Å²) in [5.41, 5.74) is 2.91. The number of morpholine rings is 1. The largest absolute Gasteiger partial charge is 0.378 e. The van der Waals surface area contributed by atoms with Gasteiger partial charge in [-0.15, -0.1) is 10.2 Å². The molecule has 0 aliphatic carbocycles. The Morgan fingerprint density at radius 2 is 2.00 bits per heavy atom. The van der Waals surface area contributed by atoms with Gasteiger partial charge in [0.1, 0.15) is 0 Å². The van der Waals surface area contributed by atoms with Crippen LogP contribution in [0.3, 0.4) is 0 Å². The molecule has 2 aromatic rings. The Kier molecular flexibility index (Phi) is 5.98. The normalized spacial score (nSPS) is 15.9. The molecule has 1 aromatic carbocycles. The number of carbonyl (C=O) groups is 1. The molecule has 7 heteroatoms. The number of thioether (sulfide) groups is 1. The third-order valence-corrected chi connectivity index (χ3v) is 5.70. The van der Waals surface area contributed by atoms with E-state index in [4.69, 9.17) is 4.74 Å². The zero-order valence-corrected chi connectivity index (χ0v) is 16.7. The number of carbonyl (C=O) groups excluding carboxylic acids is 1. The summed E-state index contributed by atoms with van der Waals surface area (Å²) < 4.78 is 7.50. The van der Waals surface area contributed by atoms with Crippen LogP contribution in [0.2, 0.25) is 0 Å². The van der Waals surface area contributed by atoms with E-state index in [0.717, 1.165) is 47.4 Å². The first kappa shape index (κ1) is 18.9. The van der Waals surface area contributed by atoms with E-state index in [-0.39, 0.29) is 11.0 Å². The van der Waals surface area contributed by atoms with E-state index in [2.05, 4.69) is 26.6 Å². The quantitative estimate of drug-likeness (QED) is 0.572. The molecule has 1 atom stereocenters. The Labute approximate surface area is 158 Å². The van der Waals surface area contributed by atoms with E-state index in [1.165, 1.54) is 11.8 Å². The average molecular weight is 375 g/mol. The predicted molar refractivity (Wildman–Crippen MR) is 104 cm³/mol. The van der Waals surface area contributed by atoms with Crippen LogP contribution in [0.4, 0.5) is 5.95 Å². The zero-order valence-electron chi connectivity index (χ0n) is 15.9. The molecule has 1 aromatic heterocycles. The molecule has 1 aliphatic rings. The molecule has 26 heavy (non-hydrogen) atoms. The summed E-state index contributed by atoms with van der Waals surface area (Å²) in [4.78, 5) is 15.1. The summed E-state index contributed by atoms with van der Waals surface area (Å²) in [7, 11) is 0. The Morgan fingerprint density at radius 1 is 1.27 bits per heavy atom. The SMILES string of the molecule is CCn1c(S[C@@H](C)C(=O)c2cc(C)ccc2C)nnc1N1CCOCC1. The molecule has 0 unspecified atom stereocenters. The Hall–Kier alpha value is -1.86. The topological polar surface area (TPSA) is 60.2 Å². The van der Waals surface area contributed by atoms with Crippen molar-refractivity contribution >= 4 is 23.5 Å². The molecule has 1 saturated heterocycles. The molecular weight excluding hydrogens is 348 g/mol. The highest BCUT2D eigenvalue weighted by Gasteiger charge is 2.24. The van der Waals surface area contributed by atoms with Gasteiger partial charge in [-0.05, 0) is 39.3 Å². The molecule has 6 nitrogen and oxygen atoms in total. The molecule has 1 aliphatic heterocycles. The number of rotatable bonds is 6. The maximum Gasteiger partial charge on any atom is 0.228 e. The second kappa shape index (κ2) is 8.22. The van der Waals surface area contributed by atoms with Crippen molar-refractivity contribution in [3.05, 3.63) is 34.9 Å². The van der Waals surface area contributed by atoms with Crippen LogP contribution < -0.4 is 4.90 Å². The highest BCUT2D eigenvalue weighted by Crippen LogP contribution is 2.28. The van der Waals surface area contributed by atoms with E-state index in [0.29, 0.717) is 13.2 Å². The smallest absolute Gasteiger partial charge is 0.228 e. The number of hydrogen-bond acceptors (Lipinski definition) is 6. The lowest BCUT2D eigenvalue weighted by atomic mass is 10.0. The molecule has 0 amide bonds. The van der Waals surface area contributed by atoms with Crippen LogP contribution in [0.15, 0.2) is 23.4 Å². The third kappa shape index (κ3) is 3.94. The van der Waals surface area contributed by atoms with E-state index in [9.17, 15) is 4.79 Å². The standard InChI is InChI=1S/C19H26N4O2S/c1-5-23-18(22-8-10-25-11-9-22)20-21-19(23)26-15(4)17(24)16-12-13(2)6-7-14(16)3/h6-7,12,15H,5,8-11H2,1-4H3/t15-/m0/s1. The minimum atomic E-state index is -0.220. The lowest BCUT2D eigenvalue weighted by Crippen LogP contribution is -2.38. The summed E-state index contributed by atoms with van der Waals surface area (Å²) in [6.45, 7) is 11.8. The molecule has 0 spiro atoms. The molecule has 0 saturated carbocycles. The van der Waals surface area contributed by atoms with Crippen LogP contribution >= 0.6 is 11.8 Å². The molecule has 140 valence electrons.